The summed E-state index contributed by atoms with van der Waals surface area (Å²) in [4.78, 5) is 0. The molecule has 0 amide bonds. The van der Waals surface area contributed by atoms with Gasteiger partial charge in [-0.3, -0.25) is 0 Å². The normalized spacial score (nSPS) is 11.8. The third-order valence-electron chi connectivity index (χ3n) is 2.58. The molecule has 3 heterocycles. The second kappa shape index (κ2) is 4.97. The molecule has 3 aromatic rings. The van der Waals surface area contributed by atoms with Gasteiger partial charge in [0.25, 0.3) is 0 Å². The van der Waals surface area contributed by atoms with Gasteiger partial charge in [-0.1, -0.05) is 58.2 Å². The second-order valence-corrected chi connectivity index (χ2v) is 15.3. The van der Waals surface area contributed by atoms with E-state index in [9.17, 15) is 0 Å². The number of halogens is 1. The Bertz CT molecular complexity index is 485. The quantitative estimate of drug-likeness (QED) is 0.357. The Morgan fingerprint density at radius 2 is 1.06 bits per heavy atom. The molecular weight excluding hydrogens is 395 g/mol. The fourth-order valence-corrected chi connectivity index (χ4v) is 15.0. The zero-order chi connectivity index (χ0) is 11.7. The highest BCUT2D eigenvalue weighted by Gasteiger charge is 2.39. The molecule has 0 fully saturated rings. The summed E-state index contributed by atoms with van der Waals surface area (Å²) in [5, 5.41) is 6.57. The Labute approximate surface area is 126 Å². The van der Waals surface area contributed by atoms with Crippen LogP contribution in [0.25, 0.3) is 0 Å². The molecule has 5 heteroatoms. The van der Waals surface area contributed by atoms with Gasteiger partial charge >= 0.3 is 0 Å². The average Bonchev–Trinajstić information content (AvgIpc) is 3.10. The lowest BCUT2D eigenvalue weighted by Crippen LogP contribution is -2.59. The van der Waals surface area contributed by atoms with Crippen molar-refractivity contribution in [1.82, 2.24) is 0 Å². The first-order valence-electron chi connectivity index (χ1n) is 5.12. The van der Waals surface area contributed by atoms with Gasteiger partial charge in [0, 0.05) is 13.5 Å². The molecule has 0 nitrogen and oxygen atoms in total. The Kier molecular flexibility index (Phi) is 3.53. The first-order chi connectivity index (χ1) is 8.32. The van der Waals surface area contributed by atoms with Crippen molar-refractivity contribution < 1.29 is 0 Å². The van der Waals surface area contributed by atoms with Crippen molar-refractivity contribution in [1.29, 1.82) is 0 Å². The summed E-state index contributed by atoms with van der Waals surface area (Å²) in [6.07, 6.45) is 0. The van der Waals surface area contributed by atoms with E-state index in [2.05, 4.69) is 74.3 Å². The maximum Gasteiger partial charge on any atom is 0.245 e. The maximum absolute atomic E-state index is 2.73. The lowest BCUT2D eigenvalue weighted by molar-refractivity contribution is 2.01. The van der Waals surface area contributed by atoms with Crippen LogP contribution in [-0.2, 0) is 0 Å². The van der Waals surface area contributed by atoms with Crippen LogP contribution in [0, 0.1) is 0 Å². The Balaban J connectivity index is 2.21. The summed E-state index contributed by atoms with van der Waals surface area (Å²) in [5.74, 6) is 0. The fraction of sp³-hybridized carbons (Fsp3) is 0. The van der Waals surface area contributed by atoms with Crippen molar-refractivity contribution in [2.24, 2.45) is 0 Å². The number of thiophene rings is 3. The molecule has 0 spiro atoms. The van der Waals surface area contributed by atoms with Crippen molar-refractivity contribution in [3.05, 3.63) is 52.5 Å². The summed E-state index contributed by atoms with van der Waals surface area (Å²) >= 11 is 8.41. The third kappa shape index (κ3) is 2.08. The van der Waals surface area contributed by atoms with Crippen LogP contribution in [0.15, 0.2) is 52.5 Å². The van der Waals surface area contributed by atoms with Gasteiger partial charge in [0.05, 0.1) is 0 Å². The summed E-state index contributed by atoms with van der Waals surface area (Å²) in [6, 6.07) is 13.4. The van der Waals surface area contributed by atoms with Crippen molar-refractivity contribution in [3.8, 4) is 0 Å². The topological polar surface area (TPSA) is 0 Å². The minimum absolute atomic E-state index is 1.54. The van der Waals surface area contributed by atoms with Gasteiger partial charge < -0.3 is 0 Å². The summed E-state index contributed by atoms with van der Waals surface area (Å²) < 4.78 is 4.63. The molecule has 0 aliphatic rings. The molecule has 3 aromatic heterocycles. The van der Waals surface area contributed by atoms with Crippen LogP contribution in [0.2, 0.25) is 0 Å². The summed E-state index contributed by atoms with van der Waals surface area (Å²) in [6.45, 7) is 0. The molecular formula is C12H9IS3Si. The third-order valence-corrected chi connectivity index (χ3v) is 19.5. The average molecular weight is 404 g/mol. The van der Waals surface area contributed by atoms with Crippen LogP contribution < -0.4 is 13.5 Å². The molecule has 0 aliphatic carbocycles. The highest BCUT2D eigenvalue weighted by atomic mass is 127. The highest BCUT2D eigenvalue weighted by Crippen LogP contribution is 2.21. The van der Waals surface area contributed by atoms with Gasteiger partial charge in [-0.05, 0) is 16.1 Å². The van der Waals surface area contributed by atoms with E-state index >= 15 is 0 Å². The molecule has 0 N–H and O–H groups in total. The van der Waals surface area contributed by atoms with Gasteiger partial charge in [0.15, 0.2) is 0 Å². The zero-order valence-corrected chi connectivity index (χ0v) is 14.4. The Morgan fingerprint density at radius 3 is 1.29 bits per heavy atom. The van der Waals surface area contributed by atoms with Crippen LogP contribution >= 0.6 is 55.8 Å². The maximum atomic E-state index is 2.73. The van der Waals surface area contributed by atoms with Gasteiger partial charge in [-0.15, -0.1) is 0 Å². The predicted molar refractivity (Wildman–Crippen MR) is 91.6 cm³/mol. The lowest BCUT2D eigenvalue weighted by Gasteiger charge is -2.21. The van der Waals surface area contributed by atoms with E-state index in [1.54, 1.807) is 13.5 Å². The smallest absolute Gasteiger partial charge is 0.152 e. The van der Waals surface area contributed by atoms with Gasteiger partial charge in [-0.25, -0.2) is 0 Å². The largest absolute Gasteiger partial charge is 0.245 e. The Hall–Kier alpha value is 0.0469. The second-order valence-electron chi connectivity index (χ2n) is 3.59. The number of hydrogen-bond acceptors (Lipinski definition) is 3. The monoisotopic (exact) mass is 404 g/mol. The minimum Gasteiger partial charge on any atom is -0.152 e. The van der Waals surface area contributed by atoms with Gasteiger partial charge in [0.1, 0.15) is 0 Å². The summed E-state index contributed by atoms with van der Waals surface area (Å²) in [7, 11) is 0. The van der Waals surface area contributed by atoms with E-state index < -0.39 is 5.57 Å². The molecule has 0 unspecified atom stereocenters. The van der Waals surface area contributed by atoms with E-state index in [0.717, 1.165) is 0 Å². The van der Waals surface area contributed by atoms with Crippen molar-refractivity contribution in [2.75, 3.05) is 0 Å². The molecule has 0 atom stereocenters. The Morgan fingerprint density at radius 1 is 0.706 bits per heavy atom. The van der Waals surface area contributed by atoms with E-state index in [-0.39, 0.29) is 0 Å². The van der Waals surface area contributed by atoms with E-state index in [4.69, 9.17) is 0 Å². The minimum atomic E-state index is -1.70. The van der Waals surface area contributed by atoms with E-state index in [0.29, 0.717) is 0 Å². The van der Waals surface area contributed by atoms with Crippen molar-refractivity contribution in [3.63, 3.8) is 0 Å². The highest BCUT2D eigenvalue weighted by molar-refractivity contribution is 14.1. The zero-order valence-electron chi connectivity index (χ0n) is 8.80. The SMILES string of the molecule is I[Si](c1cccs1)(c1cccs1)c1cccs1. The number of hydrogen-bond donors (Lipinski definition) is 0. The molecule has 0 saturated carbocycles. The van der Waals surface area contributed by atoms with Gasteiger partial charge in [-0.2, -0.15) is 34.0 Å². The molecule has 3 rings (SSSR count). The van der Waals surface area contributed by atoms with Crippen LogP contribution in [0.1, 0.15) is 0 Å². The van der Waals surface area contributed by atoms with Crippen LogP contribution in [0.5, 0.6) is 0 Å². The molecule has 86 valence electrons. The van der Waals surface area contributed by atoms with Crippen LogP contribution in [0.4, 0.5) is 0 Å². The van der Waals surface area contributed by atoms with Crippen LogP contribution in [0.3, 0.4) is 0 Å². The lowest BCUT2D eigenvalue weighted by atomic mass is 10.7. The molecule has 0 aliphatic heterocycles. The molecule has 0 bridgehead atoms. The van der Waals surface area contributed by atoms with Crippen molar-refractivity contribution in [2.45, 2.75) is 0 Å². The first-order valence-corrected chi connectivity index (χ1v) is 12.9. The summed E-state index contributed by atoms with van der Waals surface area (Å²) in [5.41, 5.74) is -1.70. The molecule has 0 saturated heterocycles. The first kappa shape index (κ1) is 12.1. The molecule has 0 aromatic carbocycles. The van der Waals surface area contributed by atoms with E-state index in [1.165, 1.54) is 0 Å². The number of rotatable bonds is 3. The van der Waals surface area contributed by atoms with Crippen LogP contribution in [-0.4, -0.2) is 5.57 Å². The van der Waals surface area contributed by atoms with E-state index in [1.807, 2.05) is 34.0 Å². The van der Waals surface area contributed by atoms with Crippen molar-refractivity contribution >= 4 is 74.9 Å². The predicted octanol–water partition coefficient (Wildman–Crippen LogP) is 3.27. The fourth-order valence-electron chi connectivity index (χ4n) is 1.79. The van der Waals surface area contributed by atoms with Gasteiger partial charge in [0.2, 0.25) is 5.57 Å². The standard InChI is InChI=1S/C12H9IS3Si/c13-17(10-4-1-7-14-10,11-5-2-8-15-11)12-6-3-9-16-12/h1-9H. The molecule has 17 heavy (non-hydrogen) atoms. The molecule has 0 radical (unpaired) electrons.